The molecule has 0 spiro atoms. The van der Waals surface area contributed by atoms with Crippen molar-refractivity contribution in [2.24, 2.45) is 5.92 Å². The minimum absolute atomic E-state index is 0.0374. The van der Waals surface area contributed by atoms with Crippen molar-refractivity contribution in [1.29, 1.82) is 0 Å². The zero-order valence-electron chi connectivity index (χ0n) is 22.0. The molecular formula is C31H30F5NO3. The third kappa shape index (κ3) is 5.75. The molecule has 1 fully saturated rings. The van der Waals surface area contributed by atoms with E-state index in [1.165, 1.54) is 31.2 Å². The Balaban J connectivity index is 1.71. The zero-order chi connectivity index (χ0) is 28.6. The Morgan fingerprint density at radius 2 is 1.73 bits per heavy atom. The first-order valence-corrected chi connectivity index (χ1v) is 13.5. The van der Waals surface area contributed by atoms with Gasteiger partial charge in [-0.3, -0.25) is 9.78 Å². The minimum atomic E-state index is -4.56. The number of aliphatic hydroxyl groups is 1. The largest absolute Gasteiger partial charge is 0.466 e. The van der Waals surface area contributed by atoms with Crippen LogP contribution < -0.4 is 0 Å². The number of aliphatic hydroxyl groups excluding tert-OH is 1. The molecule has 1 aromatic heterocycles. The van der Waals surface area contributed by atoms with E-state index in [0.717, 1.165) is 49.9 Å². The van der Waals surface area contributed by atoms with Crippen LogP contribution in [0.1, 0.15) is 90.9 Å². The Morgan fingerprint density at radius 3 is 2.33 bits per heavy atom. The van der Waals surface area contributed by atoms with E-state index in [1.807, 2.05) is 0 Å². The standard InChI is InChI=1S/C31H30F5NO3/c1-17(38)40-16-18-14-24-27(25(39)15-18)26(19-8-12-23(32)13-9-19)28(30(37-24)21-4-2-3-5-21)29(33)20-6-10-22(11-7-20)31(34,35)36/h6-13,18,21,25,29,39H,2-5,14-16H2,1H3. The van der Waals surface area contributed by atoms with E-state index in [1.54, 1.807) is 0 Å². The second-order valence-electron chi connectivity index (χ2n) is 10.7. The van der Waals surface area contributed by atoms with Gasteiger partial charge >= 0.3 is 12.1 Å². The normalized spacial score (nSPS) is 20.3. The zero-order valence-corrected chi connectivity index (χ0v) is 22.0. The molecular weight excluding hydrogens is 529 g/mol. The van der Waals surface area contributed by atoms with Gasteiger partial charge in [-0.15, -0.1) is 0 Å². The molecule has 3 atom stereocenters. The predicted octanol–water partition coefficient (Wildman–Crippen LogP) is 7.78. The molecule has 40 heavy (non-hydrogen) atoms. The summed E-state index contributed by atoms with van der Waals surface area (Å²) in [5.74, 6) is -1.18. The number of alkyl halides is 4. The smallest absolute Gasteiger partial charge is 0.416 e. The van der Waals surface area contributed by atoms with Crippen LogP contribution in [0.2, 0.25) is 0 Å². The number of ether oxygens (including phenoxy) is 1. The first kappa shape index (κ1) is 28.2. The number of esters is 1. The van der Waals surface area contributed by atoms with Crippen LogP contribution in [-0.4, -0.2) is 22.7 Å². The molecule has 1 heterocycles. The molecule has 212 valence electrons. The van der Waals surface area contributed by atoms with Gasteiger partial charge in [0.1, 0.15) is 5.82 Å². The molecule has 0 aliphatic heterocycles. The molecule has 9 heteroatoms. The monoisotopic (exact) mass is 559 g/mol. The van der Waals surface area contributed by atoms with Gasteiger partial charge in [0.25, 0.3) is 0 Å². The molecule has 5 rings (SSSR count). The summed E-state index contributed by atoms with van der Waals surface area (Å²) in [5, 5.41) is 11.4. The van der Waals surface area contributed by atoms with Crippen LogP contribution in [-0.2, 0) is 22.1 Å². The first-order valence-electron chi connectivity index (χ1n) is 13.5. The van der Waals surface area contributed by atoms with E-state index >= 15 is 4.39 Å². The lowest BCUT2D eigenvalue weighted by molar-refractivity contribution is -0.142. The highest BCUT2D eigenvalue weighted by atomic mass is 19.4. The number of nitrogens with zero attached hydrogens (tertiary/aromatic N) is 1. The molecule has 1 N–H and O–H groups in total. The highest BCUT2D eigenvalue weighted by Gasteiger charge is 2.37. The van der Waals surface area contributed by atoms with Crippen LogP contribution in [0.4, 0.5) is 22.0 Å². The number of fused-ring (bicyclic) bond motifs is 1. The molecule has 0 saturated heterocycles. The molecule has 2 aliphatic rings. The summed E-state index contributed by atoms with van der Waals surface area (Å²) in [7, 11) is 0. The van der Waals surface area contributed by atoms with Crippen LogP contribution >= 0.6 is 0 Å². The maximum Gasteiger partial charge on any atom is 0.416 e. The van der Waals surface area contributed by atoms with Gasteiger partial charge in [0.2, 0.25) is 0 Å². The summed E-state index contributed by atoms with van der Waals surface area (Å²) in [6.07, 6.45) is -3.39. The van der Waals surface area contributed by atoms with Gasteiger partial charge in [0, 0.05) is 35.6 Å². The van der Waals surface area contributed by atoms with Crippen molar-refractivity contribution in [3.63, 3.8) is 0 Å². The molecule has 2 aromatic carbocycles. The van der Waals surface area contributed by atoms with Crippen LogP contribution in [0.5, 0.6) is 0 Å². The Morgan fingerprint density at radius 1 is 1.07 bits per heavy atom. The Labute approximate surface area is 229 Å². The maximum absolute atomic E-state index is 16.7. The Bertz CT molecular complexity index is 1370. The molecule has 1 saturated carbocycles. The summed E-state index contributed by atoms with van der Waals surface area (Å²) in [6, 6.07) is 9.52. The number of pyridine rings is 1. The average molecular weight is 560 g/mol. The van der Waals surface area contributed by atoms with Crippen molar-refractivity contribution in [2.45, 2.75) is 69.8 Å². The van der Waals surface area contributed by atoms with E-state index < -0.39 is 35.8 Å². The number of halogens is 5. The second-order valence-corrected chi connectivity index (χ2v) is 10.7. The Kier molecular flexibility index (Phi) is 7.95. The lowest BCUT2D eigenvalue weighted by Crippen LogP contribution is -2.27. The first-order chi connectivity index (χ1) is 19.0. The number of carbonyl (C=O) groups excluding carboxylic acids is 1. The molecule has 3 unspecified atom stereocenters. The third-order valence-corrected chi connectivity index (χ3v) is 7.93. The topological polar surface area (TPSA) is 59.4 Å². The molecule has 0 amide bonds. The highest BCUT2D eigenvalue weighted by molar-refractivity contribution is 5.75. The fourth-order valence-electron chi connectivity index (χ4n) is 6.05. The summed E-state index contributed by atoms with van der Waals surface area (Å²) in [5.41, 5.74) is 1.76. The lowest BCUT2D eigenvalue weighted by Gasteiger charge is -2.33. The van der Waals surface area contributed by atoms with Gasteiger partial charge in [-0.2, -0.15) is 13.2 Å². The summed E-state index contributed by atoms with van der Waals surface area (Å²) >= 11 is 0. The molecule has 0 bridgehead atoms. The van der Waals surface area contributed by atoms with Gasteiger partial charge < -0.3 is 9.84 Å². The molecule has 4 nitrogen and oxygen atoms in total. The number of aromatic nitrogens is 1. The van der Waals surface area contributed by atoms with Gasteiger partial charge in [0.15, 0.2) is 6.17 Å². The fraction of sp³-hybridized carbons (Fsp3) is 0.419. The Hall–Kier alpha value is -3.33. The summed E-state index contributed by atoms with van der Waals surface area (Å²) < 4.78 is 75.4. The maximum atomic E-state index is 16.7. The highest BCUT2D eigenvalue weighted by Crippen LogP contribution is 2.49. The SMILES string of the molecule is CC(=O)OCC1Cc2nc(C3CCCC3)c(C(F)c3ccc(C(F)(F)F)cc3)c(-c3ccc(F)cc3)c2C(O)C1. The van der Waals surface area contributed by atoms with Gasteiger partial charge in [-0.1, -0.05) is 37.1 Å². The lowest BCUT2D eigenvalue weighted by atomic mass is 9.77. The van der Waals surface area contributed by atoms with E-state index in [0.29, 0.717) is 34.5 Å². The van der Waals surface area contributed by atoms with E-state index in [9.17, 15) is 27.5 Å². The van der Waals surface area contributed by atoms with Crippen molar-refractivity contribution in [2.75, 3.05) is 6.61 Å². The molecule has 3 aromatic rings. The van der Waals surface area contributed by atoms with Crippen LogP contribution in [0, 0.1) is 11.7 Å². The minimum Gasteiger partial charge on any atom is -0.466 e. The molecule has 0 radical (unpaired) electrons. The number of carbonyl (C=O) groups is 1. The number of hydrogen-bond acceptors (Lipinski definition) is 4. The van der Waals surface area contributed by atoms with Gasteiger partial charge in [0.05, 0.1) is 24.0 Å². The average Bonchev–Trinajstić information content (AvgIpc) is 3.46. The second kappa shape index (κ2) is 11.3. The fourth-order valence-corrected chi connectivity index (χ4v) is 6.05. The van der Waals surface area contributed by atoms with E-state index in [-0.39, 0.29) is 36.0 Å². The number of benzene rings is 2. The predicted molar refractivity (Wildman–Crippen MR) is 139 cm³/mol. The van der Waals surface area contributed by atoms with Gasteiger partial charge in [-0.05, 0) is 66.6 Å². The molecule has 2 aliphatic carbocycles. The third-order valence-electron chi connectivity index (χ3n) is 7.93. The van der Waals surface area contributed by atoms with E-state index in [2.05, 4.69) is 0 Å². The quantitative estimate of drug-likeness (QED) is 0.248. The van der Waals surface area contributed by atoms with Crippen molar-refractivity contribution >= 4 is 5.97 Å². The van der Waals surface area contributed by atoms with Crippen molar-refractivity contribution < 1.29 is 36.6 Å². The van der Waals surface area contributed by atoms with Crippen LogP contribution in [0.15, 0.2) is 48.5 Å². The van der Waals surface area contributed by atoms with Crippen LogP contribution in [0.25, 0.3) is 11.1 Å². The van der Waals surface area contributed by atoms with E-state index in [4.69, 9.17) is 9.72 Å². The van der Waals surface area contributed by atoms with Crippen molar-refractivity contribution in [1.82, 2.24) is 4.98 Å². The van der Waals surface area contributed by atoms with Gasteiger partial charge in [-0.25, -0.2) is 8.78 Å². The van der Waals surface area contributed by atoms with Crippen molar-refractivity contribution in [3.8, 4) is 11.1 Å². The summed E-state index contributed by atoms with van der Waals surface area (Å²) in [6.45, 7) is 1.42. The number of hydrogen-bond donors (Lipinski definition) is 1. The summed E-state index contributed by atoms with van der Waals surface area (Å²) in [4.78, 5) is 16.3. The number of rotatable bonds is 6. The van der Waals surface area contributed by atoms with Crippen LogP contribution in [0.3, 0.4) is 0 Å². The van der Waals surface area contributed by atoms with Crippen molar-refractivity contribution in [3.05, 3.63) is 88.0 Å².